The Kier molecular flexibility index (Phi) is 5.68. The van der Waals surface area contributed by atoms with Crippen molar-refractivity contribution in [3.8, 4) is 5.75 Å². The third-order valence-corrected chi connectivity index (χ3v) is 4.86. The number of carbonyl (C=O) groups excluding carboxylic acids is 1. The molecule has 26 heavy (non-hydrogen) atoms. The highest BCUT2D eigenvalue weighted by atomic mass is 16.5. The average molecular weight is 356 g/mol. The molecule has 1 atom stereocenters. The van der Waals surface area contributed by atoms with E-state index in [2.05, 4.69) is 20.2 Å². The van der Waals surface area contributed by atoms with Crippen molar-refractivity contribution in [2.24, 2.45) is 0 Å². The van der Waals surface area contributed by atoms with Gasteiger partial charge in [-0.05, 0) is 37.6 Å². The molecule has 2 N–H and O–H groups in total. The van der Waals surface area contributed by atoms with Crippen LogP contribution >= 0.6 is 0 Å². The lowest BCUT2D eigenvalue weighted by molar-refractivity contribution is -0.914. The van der Waals surface area contributed by atoms with E-state index in [0.29, 0.717) is 5.75 Å². The number of methoxy groups -OCH3 is 1. The van der Waals surface area contributed by atoms with Crippen LogP contribution in [0.15, 0.2) is 36.7 Å². The summed E-state index contributed by atoms with van der Waals surface area (Å²) in [6.45, 7) is 7.39. The Labute approximate surface area is 154 Å². The number of amides is 1. The molecule has 0 bridgehead atoms. The standard InChI is InChI=1S/C19H25N5O2/c1-14-5-6-17(26-3)16(13-14)22-18(25)15(2)23-9-11-24(12-10-23)19-20-7-4-8-21-19/h4-8,13,15H,9-12H2,1-3H3,(H,22,25)/p+1/t15-/m1/s1. The predicted molar refractivity (Wildman–Crippen MR) is 101 cm³/mol. The number of quaternary nitrogens is 1. The van der Waals surface area contributed by atoms with Crippen LogP contribution in [0.4, 0.5) is 11.6 Å². The number of piperazine rings is 1. The van der Waals surface area contributed by atoms with Gasteiger partial charge in [-0.25, -0.2) is 9.97 Å². The number of carbonyl (C=O) groups is 1. The monoisotopic (exact) mass is 356 g/mol. The van der Waals surface area contributed by atoms with E-state index in [9.17, 15) is 4.79 Å². The van der Waals surface area contributed by atoms with Crippen molar-refractivity contribution in [2.75, 3.05) is 43.5 Å². The summed E-state index contributed by atoms with van der Waals surface area (Å²) < 4.78 is 5.35. The van der Waals surface area contributed by atoms with Crippen molar-refractivity contribution in [2.45, 2.75) is 19.9 Å². The maximum absolute atomic E-state index is 12.7. The van der Waals surface area contributed by atoms with Crippen LogP contribution in [0.2, 0.25) is 0 Å². The van der Waals surface area contributed by atoms with E-state index in [1.807, 2.05) is 38.1 Å². The molecule has 3 rings (SSSR count). The number of aromatic nitrogens is 2. The second-order valence-electron chi connectivity index (χ2n) is 6.61. The highest BCUT2D eigenvalue weighted by Crippen LogP contribution is 2.25. The van der Waals surface area contributed by atoms with Gasteiger partial charge in [0.1, 0.15) is 5.75 Å². The van der Waals surface area contributed by atoms with E-state index in [1.165, 1.54) is 4.90 Å². The lowest BCUT2D eigenvalue weighted by Crippen LogP contribution is -3.19. The molecule has 1 aliphatic rings. The van der Waals surface area contributed by atoms with Gasteiger partial charge < -0.3 is 19.9 Å². The Hall–Kier alpha value is -2.67. The lowest BCUT2D eigenvalue weighted by atomic mass is 10.1. The van der Waals surface area contributed by atoms with Crippen LogP contribution in [-0.4, -0.2) is 55.2 Å². The zero-order chi connectivity index (χ0) is 18.5. The van der Waals surface area contributed by atoms with Crippen LogP contribution < -0.4 is 19.9 Å². The van der Waals surface area contributed by atoms with Crippen molar-refractivity contribution >= 4 is 17.5 Å². The topological polar surface area (TPSA) is 71.8 Å². The SMILES string of the molecule is COc1ccc(C)cc1NC(=O)[C@@H](C)[NH+]1CCN(c2ncccn2)CC1. The van der Waals surface area contributed by atoms with E-state index >= 15 is 0 Å². The summed E-state index contributed by atoms with van der Waals surface area (Å²) in [6.07, 6.45) is 3.51. The molecule has 1 saturated heterocycles. The minimum atomic E-state index is -0.140. The molecule has 2 heterocycles. The quantitative estimate of drug-likeness (QED) is 0.818. The molecule has 2 aromatic rings. The van der Waals surface area contributed by atoms with Crippen LogP contribution in [0, 0.1) is 6.92 Å². The molecule has 1 aromatic heterocycles. The third kappa shape index (κ3) is 4.11. The molecule has 7 heteroatoms. The average Bonchev–Trinajstić information content (AvgIpc) is 2.68. The number of rotatable bonds is 5. The fourth-order valence-corrected chi connectivity index (χ4v) is 3.23. The number of benzene rings is 1. The summed E-state index contributed by atoms with van der Waals surface area (Å²) in [6, 6.07) is 7.45. The molecule has 0 aliphatic carbocycles. The molecule has 0 radical (unpaired) electrons. The normalized spacial score (nSPS) is 16.2. The number of hydrogen-bond donors (Lipinski definition) is 2. The Bertz CT molecular complexity index is 745. The van der Waals surface area contributed by atoms with E-state index in [0.717, 1.165) is 43.4 Å². The first-order chi connectivity index (χ1) is 12.6. The molecule has 1 amide bonds. The van der Waals surface area contributed by atoms with E-state index < -0.39 is 0 Å². The summed E-state index contributed by atoms with van der Waals surface area (Å²) >= 11 is 0. The lowest BCUT2D eigenvalue weighted by Gasteiger charge is -2.34. The third-order valence-electron chi connectivity index (χ3n) is 4.86. The Morgan fingerprint density at radius 1 is 1.27 bits per heavy atom. The molecule has 0 unspecified atom stereocenters. The summed E-state index contributed by atoms with van der Waals surface area (Å²) in [7, 11) is 1.61. The van der Waals surface area contributed by atoms with Gasteiger partial charge in [-0.1, -0.05) is 6.07 Å². The van der Waals surface area contributed by atoms with Crippen molar-refractivity contribution in [3.05, 3.63) is 42.2 Å². The largest absolute Gasteiger partial charge is 0.495 e. The van der Waals surface area contributed by atoms with Gasteiger partial charge in [0, 0.05) is 12.4 Å². The number of aryl methyl sites for hydroxylation is 1. The first kappa shape index (κ1) is 18.1. The number of ether oxygens (including phenoxy) is 1. The molecule has 0 spiro atoms. The maximum Gasteiger partial charge on any atom is 0.282 e. The van der Waals surface area contributed by atoms with Crippen molar-refractivity contribution in [1.29, 1.82) is 0 Å². The van der Waals surface area contributed by atoms with Crippen LogP contribution in [0.3, 0.4) is 0 Å². The van der Waals surface area contributed by atoms with Gasteiger partial charge in [-0.2, -0.15) is 0 Å². The van der Waals surface area contributed by atoms with Gasteiger partial charge >= 0.3 is 0 Å². The van der Waals surface area contributed by atoms with Crippen LogP contribution in [0.5, 0.6) is 5.75 Å². The molecule has 1 aliphatic heterocycles. The molecule has 138 valence electrons. The number of nitrogens with one attached hydrogen (secondary N) is 2. The molecular weight excluding hydrogens is 330 g/mol. The first-order valence-corrected chi connectivity index (χ1v) is 8.90. The number of hydrogen-bond acceptors (Lipinski definition) is 5. The second kappa shape index (κ2) is 8.14. The smallest absolute Gasteiger partial charge is 0.282 e. The van der Waals surface area contributed by atoms with Crippen molar-refractivity contribution in [3.63, 3.8) is 0 Å². The predicted octanol–water partition coefficient (Wildman–Crippen LogP) is 0.526. The van der Waals surface area contributed by atoms with Crippen LogP contribution in [-0.2, 0) is 4.79 Å². The second-order valence-corrected chi connectivity index (χ2v) is 6.61. The summed E-state index contributed by atoms with van der Waals surface area (Å²) in [5, 5.41) is 3.02. The van der Waals surface area contributed by atoms with Gasteiger partial charge in [0.15, 0.2) is 6.04 Å². The van der Waals surface area contributed by atoms with E-state index in [1.54, 1.807) is 19.5 Å². The van der Waals surface area contributed by atoms with E-state index in [-0.39, 0.29) is 11.9 Å². The Morgan fingerprint density at radius 2 is 1.96 bits per heavy atom. The zero-order valence-electron chi connectivity index (χ0n) is 15.5. The highest BCUT2D eigenvalue weighted by Gasteiger charge is 2.30. The minimum Gasteiger partial charge on any atom is -0.495 e. The highest BCUT2D eigenvalue weighted by molar-refractivity contribution is 5.95. The van der Waals surface area contributed by atoms with Crippen molar-refractivity contribution < 1.29 is 14.4 Å². The fraction of sp³-hybridized carbons (Fsp3) is 0.421. The van der Waals surface area contributed by atoms with Gasteiger partial charge in [-0.3, -0.25) is 4.79 Å². The zero-order valence-corrected chi connectivity index (χ0v) is 15.5. The number of nitrogens with zero attached hydrogens (tertiary/aromatic N) is 3. The number of anilines is 2. The molecule has 7 nitrogen and oxygen atoms in total. The minimum absolute atomic E-state index is 0.00770. The Morgan fingerprint density at radius 3 is 2.62 bits per heavy atom. The molecule has 1 fully saturated rings. The van der Waals surface area contributed by atoms with Crippen molar-refractivity contribution in [1.82, 2.24) is 9.97 Å². The van der Waals surface area contributed by atoms with Gasteiger partial charge in [0.2, 0.25) is 5.95 Å². The summed E-state index contributed by atoms with van der Waals surface area (Å²) in [5.74, 6) is 1.44. The fourth-order valence-electron chi connectivity index (χ4n) is 3.23. The summed E-state index contributed by atoms with van der Waals surface area (Å²) in [5.41, 5.74) is 1.80. The molecule has 1 aromatic carbocycles. The molecular formula is C19H26N5O2+. The maximum atomic E-state index is 12.7. The van der Waals surface area contributed by atoms with E-state index in [4.69, 9.17) is 4.74 Å². The van der Waals surface area contributed by atoms with Crippen LogP contribution in [0.25, 0.3) is 0 Å². The Balaban J connectivity index is 1.59. The van der Waals surface area contributed by atoms with Gasteiger partial charge in [0.25, 0.3) is 5.91 Å². The summed E-state index contributed by atoms with van der Waals surface area (Å²) in [4.78, 5) is 24.8. The first-order valence-electron chi connectivity index (χ1n) is 8.90. The van der Waals surface area contributed by atoms with Gasteiger partial charge in [0.05, 0.1) is 39.0 Å². The van der Waals surface area contributed by atoms with Gasteiger partial charge in [-0.15, -0.1) is 0 Å². The molecule has 0 saturated carbocycles. The van der Waals surface area contributed by atoms with Crippen LogP contribution in [0.1, 0.15) is 12.5 Å².